The zero-order chi connectivity index (χ0) is 19.1. The van der Waals surface area contributed by atoms with Crippen LogP contribution in [-0.2, 0) is 0 Å². The highest BCUT2D eigenvalue weighted by Gasteiger charge is 2.21. The molecule has 0 aliphatic carbocycles. The van der Waals surface area contributed by atoms with Crippen molar-refractivity contribution in [3.05, 3.63) is 50.4 Å². The van der Waals surface area contributed by atoms with Crippen molar-refractivity contribution in [2.45, 2.75) is 0 Å². The number of fused-ring (bicyclic) bond motifs is 1. The molecule has 0 spiro atoms. The zero-order valence-corrected chi connectivity index (χ0v) is 17.6. The van der Waals surface area contributed by atoms with E-state index in [2.05, 4.69) is 32.9 Å². The van der Waals surface area contributed by atoms with Gasteiger partial charge in [-0.05, 0) is 53.3 Å². The lowest BCUT2D eigenvalue weighted by atomic mass is 10.1. The molecular formula is C19H16BrCl2N3O2. The minimum atomic E-state index is 0.0179. The number of carbonyl (C=O) groups excluding carboxylic acids is 1. The monoisotopic (exact) mass is 467 g/mol. The van der Waals surface area contributed by atoms with Crippen LogP contribution in [0.1, 0.15) is 10.4 Å². The maximum absolute atomic E-state index is 12.8. The number of amides is 1. The van der Waals surface area contributed by atoms with Crippen LogP contribution in [0.2, 0.25) is 10.0 Å². The summed E-state index contributed by atoms with van der Waals surface area (Å²) in [6.07, 6.45) is 0. The van der Waals surface area contributed by atoms with Gasteiger partial charge in [-0.1, -0.05) is 23.2 Å². The fraction of sp³-hybridized carbons (Fsp3) is 0.263. The van der Waals surface area contributed by atoms with Crippen LogP contribution in [0, 0.1) is 0 Å². The Morgan fingerprint density at radius 2 is 1.78 bits per heavy atom. The van der Waals surface area contributed by atoms with E-state index in [1.54, 1.807) is 30.3 Å². The van der Waals surface area contributed by atoms with Crippen LogP contribution in [0.4, 0.5) is 0 Å². The number of aromatic nitrogens is 1. The Morgan fingerprint density at radius 3 is 2.44 bits per heavy atom. The van der Waals surface area contributed by atoms with Gasteiger partial charge in [0.05, 0.1) is 14.5 Å². The van der Waals surface area contributed by atoms with Gasteiger partial charge in [0.25, 0.3) is 5.91 Å². The predicted octanol–water partition coefficient (Wildman–Crippen LogP) is 4.95. The maximum Gasteiger partial charge on any atom is 0.254 e. The normalized spacial score (nSPS) is 15.5. The number of piperazine rings is 1. The summed E-state index contributed by atoms with van der Waals surface area (Å²) in [6, 6.07) is 8.79. The lowest BCUT2D eigenvalue weighted by molar-refractivity contribution is 0.0664. The topological polar surface area (TPSA) is 49.6 Å². The summed E-state index contributed by atoms with van der Waals surface area (Å²) in [4.78, 5) is 21.4. The van der Waals surface area contributed by atoms with Gasteiger partial charge >= 0.3 is 0 Å². The van der Waals surface area contributed by atoms with Crippen molar-refractivity contribution in [2.75, 3.05) is 33.2 Å². The molecule has 1 aliphatic heterocycles. The first kappa shape index (κ1) is 18.7. The minimum Gasteiger partial charge on any atom is -0.436 e. The summed E-state index contributed by atoms with van der Waals surface area (Å²) in [7, 11) is 2.06. The summed E-state index contributed by atoms with van der Waals surface area (Å²) in [5.74, 6) is 0.426. The summed E-state index contributed by atoms with van der Waals surface area (Å²) >= 11 is 15.7. The SMILES string of the molecule is CN1CCN(C(=O)c2ccc3oc(-c4cc(Cl)c(Br)c(Cl)c4)nc3c2)CC1. The third kappa shape index (κ3) is 3.72. The second-order valence-electron chi connectivity index (χ2n) is 6.55. The van der Waals surface area contributed by atoms with Crippen LogP contribution < -0.4 is 0 Å². The van der Waals surface area contributed by atoms with E-state index in [0.717, 1.165) is 26.2 Å². The van der Waals surface area contributed by atoms with Gasteiger partial charge in [-0.2, -0.15) is 0 Å². The van der Waals surface area contributed by atoms with Gasteiger partial charge in [-0.25, -0.2) is 4.98 Å². The molecule has 1 aromatic heterocycles. The van der Waals surface area contributed by atoms with Crippen molar-refractivity contribution < 1.29 is 9.21 Å². The summed E-state index contributed by atoms with van der Waals surface area (Å²) < 4.78 is 6.45. The molecule has 1 aliphatic rings. The minimum absolute atomic E-state index is 0.0179. The van der Waals surface area contributed by atoms with Crippen LogP contribution in [0.5, 0.6) is 0 Å². The Labute approximate surface area is 175 Å². The molecule has 1 amide bonds. The van der Waals surface area contributed by atoms with Gasteiger partial charge in [-0.15, -0.1) is 0 Å². The first-order chi connectivity index (χ1) is 12.9. The van der Waals surface area contributed by atoms with Crippen LogP contribution in [0.3, 0.4) is 0 Å². The number of hydrogen-bond acceptors (Lipinski definition) is 4. The summed E-state index contributed by atoms with van der Waals surface area (Å²) in [5.41, 5.74) is 2.52. The Bertz CT molecular complexity index is 1010. The molecule has 8 heteroatoms. The highest BCUT2D eigenvalue weighted by Crippen LogP contribution is 2.36. The molecule has 2 heterocycles. The van der Waals surface area contributed by atoms with E-state index in [4.69, 9.17) is 27.6 Å². The third-order valence-electron chi connectivity index (χ3n) is 4.66. The average Bonchev–Trinajstić information content (AvgIpc) is 3.09. The van der Waals surface area contributed by atoms with Crippen molar-refractivity contribution in [2.24, 2.45) is 0 Å². The predicted molar refractivity (Wildman–Crippen MR) is 111 cm³/mol. The van der Waals surface area contributed by atoms with Gasteiger partial charge < -0.3 is 14.2 Å². The number of oxazole rings is 1. The number of rotatable bonds is 2. The van der Waals surface area contributed by atoms with Gasteiger partial charge in [0.2, 0.25) is 5.89 Å². The number of nitrogens with zero attached hydrogens (tertiary/aromatic N) is 3. The van der Waals surface area contributed by atoms with Crippen molar-refractivity contribution in [1.29, 1.82) is 0 Å². The van der Waals surface area contributed by atoms with Crippen LogP contribution >= 0.6 is 39.1 Å². The highest BCUT2D eigenvalue weighted by atomic mass is 79.9. The smallest absolute Gasteiger partial charge is 0.254 e. The van der Waals surface area contributed by atoms with Crippen molar-refractivity contribution >= 4 is 56.1 Å². The highest BCUT2D eigenvalue weighted by molar-refractivity contribution is 9.10. The summed E-state index contributed by atoms with van der Waals surface area (Å²) in [5, 5.41) is 0.955. The molecule has 0 radical (unpaired) electrons. The molecule has 1 saturated heterocycles. The van der Waals surface area contributed by atoms with Crippen molar-refractivity contribution in [3.63, 3.8) is 0 Å². The van der Waals surface area contributed by atoms with E-state index in [9.17, 15) is 4.79 Å². The van der Waals surface area contributed by atoms with E-state index in [-0.39, 0.29) is 5.91 Å². The molecule has 0 N–H and O–H groups in total. The van der Waals surface area contributed by atoms with E-state index in [1.165, 1.54) is 0 Å². The fourth-order valence-corrected chi connectivity index (χ4v) is 3.77. The number of halogens is 3. The Balaban J connectivity index is 1.65. The molecule has 27 heavy (non-hydrogen) atoms. The van der Waals surface area contributed by atoms with Crippen LogP contribution in [0.25, 0.3) is 22.6 Å². The van der Waals surface area contributed by atoms with E-state index in [0.29, 0.717) is 42.6 Å². The lowest BCUT2D eigenvalue weighted by Crippen LogP contribution is -2.47. The quantitative estimate of drug-likeness (QED) is 0.499. The van der Waals surface area contributed by atoms with Crippen LogP contribution in [0.15, 0.2) is 39.2 Å². The molecule has 0 atom stereocenters. The lowest BCUT2D eigenvalue weighted by Gasteiger charge is -2.32. The third-order valence-corrected chi connectivity index (χ3v) is 6.56. The number of hydrogen-bond donors (Lipinski definition) is 0. The van der Waals surface area contributed by atoms with Gasteiger partial charge in [0.15, 0.2) is 5.58 Å². The Kier molecular flexibility index (Phi) is 5.16. The summed E-state index contributed by atoms with van der Waals surface area (Å²) in [6.45, 7) is 3.22. The average molecular weight is 469 g/mol. The molecule has 140 valence electrons. The van der Waals surface area contributed by atoms with Crippen molar-refractivity contribution in [3.8, 4) is 11.5 Å². The first-order valence-electron chi connectivity index (χ1n) is 8.45. The largest absolute Gasteiger partial charge is 0.436 e. The molecule has 0 saturated carbocycles. The molecule has 0 bridgehead atoms. The van der Waals surface area contributed by atoms with E-state index < -0.39 is 0 Å². The number of carbonyl (C=O) groups is 1. The number of benzene rings is 2. The maximum atomic E-state index is 12.8. The molecule has 4 rings (SSSR count). The molecule has 1 fully saturated rings. The Hall–Kier alpha value is -1.60. The van der Waals surface area contributed by atoms with Crippen LogP contribution in [-0.4, -0.2) is 53.9 Å². The van der Waals surface area contributed by atoms with Gasteiger partial charge in [-0.3, -0.25) is 4.79 Å². The zero-order valence-electron chi connectivity index (χ0n) is 14.5. The first-order valence-corrected chi connectivity index (χ1v) is 10.0. The van der Waals surface area contributed by atoms with Crippen molar-refractivity contribution in [1.82, 2.24) is 14.8 Å². The van der Waals surface area contributed by atoms with Gasteiger partial charge in [0.1, 0.15) is 5.52 Å². The second kappa shape index (κ2) is 7.43. The second-order valence-corrected chi connectivity index (χ2v) is 8.16. The fourth-order valence-electron chi connectivity index (χ4n) is 3.06. The number of likely N-dealkylation sites (N-methyl/N-ethyl adjacent to an activating group) is 1. The molecule has 3 aromatic rings. The van der Waals surface area contributed by atoms with E-state index in [1.807, 2.05) is 4.90 Å². The van der Waals surface area contributed by atoms with E-state index >= 15 is 0 Å². The molecule has 5 nitrogen and oxygen atoms in total. The molecule has 0 unspecified atom stereocenters. The molecule has 2 aromatic carbocycles. The Morgan fingerprint density at radius 1 is 1.11 bits per heavy atom. The van der Waals surface area contributed by atoms with Gasteiger partial charge in [0, 0.05) is 37.3 Å². The standard InChI is InChI=1S/C19H16BrCl2N3O2/c1-24-4-6-25(7-5-24)19(26)11-2-3-16-15(10-11)23-18(27-16)12-8-13(21)17(20)14(22)9-12/h2-3,8-10H,4-7H2,1H3. The molecular weight excluding hydrogens is 453 g/mol.